The van der Waals surface area contributed by atoms with Crippen molar-refractivity contribution in [2.45, 2.75) is 32.8 Å². The topological polar surface area (TPSA) is 33.1 Å². The quantitative estimate of drug-likeness (QED) is 0.918. The lowest BCUT2D eigenvalue weighted by Crippen LogP contribution is -2.05. The van der Waals surface area contributed by atoms with Crippen LogP contribution in [0.3, 0.4) is 0 Å². The Kier molecular flexibility index (Phi) is 4.56. The summed E-state index contributed by atoms with van der Waals surface area (Å²) in [4.78, 5) is 4.37. The van der Waals surface area contributed by atoms with Gasteiger partial charge in [0.2, 0.25) is 0 Å². The molecule has 0 fully saturated rings. The van der Waals surface area contributed by atoms with Crippen molar-refractivity contribution < 1.29 is 5.11 Å². The van der Waals surface area contributed by atoms with Gasteiger partial charge < -0.3 is 5.11 Å². The normalized spacial score (nSPS) is 12.4. The van der Waals surface area contributed by atoms with Crippen LogP contribution in [0.5, 0.6) is 0 Å². The molecule has 2 aromatic rings. The van der Waals surface area contributed by atoms with Crippen molar-refractivity contribution >= 4 is 11.6 Å². The molecule has 3 heteroatoms. The van der Waals surface area contributed by atoms with Crippen molar-refractivity contribution in [3.63, 3.8) is 0 Å². The summed E-state index contributed by atoms with van der Waals surface area (Å²) < 4.78 is 0. The van der Waals surface area contributed by atoms with Gasteiger partial charge in [-0.25, -0.2) is 0 Å². The van der Waals surface area contributed by atoms with Crippen molar-refractivity contribution in [1.29, 1.82) is 0 Å². The summed E-state index contributed by atoms with van der Waals surface area (Å²) in [5.74, 6) is 0. The minimum atomic E-state index is -0.571. The molecule has 1 heterocycles. The maximum Gasteiger partial charge on any atom is 0.0848 e. The van der Waals surface area contributed by atoms with Crippen LogP contribution in [-0.4, -0.2) is 10.1 Å². The summed E-state index contributed by atoms with van der Waals surface area (Å²) in [7, 11) is 0. The number of aliphatic hydroxyl groups is 1. The van der Waals surface area contributed by atoms with Crippen LogP contribution in [0.4, 0.5) is 0 Å². The van der Waals surface area contributed by atoms with Crippen LogP contribution in [0.25, 0.3) is 0 Å². The number of rotatable bonds is 4. The van der Waals surface area contributed by atoms with Crippen molar-refractivity contribution in [2.24, 2.45) is 0 Å². The predicted octanol–water partition coefficient (Wildman–Crippen LogP) is 3.88. The zero-order valence-electron chi connectivity index (χ0n) is 11.2. The zero-order chi connectivity index (χ0) is 13.8. The Morgan fingerprint density at radius 1 is 1.26 bits per heavy atom. The SMILES string of the molecule is CCc1ccc(CC(O)c2cc(Cl)ccc2C)nc1. The van der Waals surface area contributed by atoms with Gasteiger partial charge in [0, 0.05) is 23.3 Å². The predicted molar refractivity (Wildman–Crippen MR) is 78.5 cm³/mol. The first-order valence-electron chi connectivity index (χ1n) is 6.48. The van der Waals surface area contributed by atoms with Gasteiger partial charge in [0.15, 0.2) is 0 Å². The minimum Gasteiger partial charge on any atom is -0.388 e. The van der Waals surface area contributed by atoms with Gasteiger partial charge in [-0.05, 0) is 48.2 Å². The van der Waals surface area contributed by atoms with Crippen LogP contribution in [0.1, 0.15) is 35.4 Å². The Morgan fingerprint density at radius 2 is 2.05 bits per heavy atom. The molecule has 1 aromatic carbocycles. The average Bonchev–Trinajstić information content (AvgIpc) is 2.42. The number of benzene rings is 1. The van der Waals surface area contributed by atoms with Gasteiger partial charge >= 0.3 is 0 Å². The summed E-state index contributed by atoms with van der Waals surface area (Å²) in [6, 6.07) is 9.61. The summed E-state index contributed by atoms with van der Waals surface area (Å²) in [6.45, 7) is 4.07. The Morgan fingerprint density at radius 3 is 2.68 bits per heavy atom. The maximum absolute atomic E-state index is 10.3. The molecule has 100 valence electrons. The maximum atomic E-state index is 10.3. The molecule has 1 atom stereocenters. The molecule has 0 radical (unpaired) electrons. The monoisotopic (exact) mass is 275 g/mol. The van der Waals surface area contributed by atoms with E-state index in [1.165, 1.54) is 5.56 Å². The zero-order valence-corrected chi connectivity index (χ0v) is 12.0. The lowest BCUT2D eigenvalue weighted by atomic mass is 9.99. The van der Waals surface area contributed by atoms with Crippen molar-refractivity contribution in [3.8, 4) is 0 Å². The van der Waals surface area contributed by atoms with E-state index in [2.05, 4.69) is 18.0 Å². The Bertz CT molecular complexity index is 551. The highest BCUT2D eigenvalue weighted by Crippen LogP contribution is 2.24. The molecule has 0 spiro atoms. The second-order valence-corrected chi connectivity index (χ2v) is 5.17. The van der Waals surface area contributed by atoms with E-state index in [9.17, 15) is 5.11 Å². The third-order valence-corrected chi connectivity index (χ3v) is 3.53. The van der Waals surface area contributed by atoms with E-state index in [0.717, 1.165) is 23.2 Å². The van der Waals surface area contributed by atoms with Gasteiger partial charge in [-0.15, -0.1) is 0 Å². The van der Waals surface area contributed by atoms with E-state index < -0.39 is 6.10 Å². The summed E-state index contributed by atoms with van der Waals surface area (Å²) >= 11 is 5.98. The molecule has 0 saturated carbocycles. The van der Waals surface area contributed by atoms with Gasteiger partial charge in [0.1, 0.15) is 0 Å². The molecule has 0 amide bonds. The number of hydrogen-bond acceptors (Lipinski definition) is 2. The van der Waals surface area contributed by atoms with Gasteiger partial charge in [0.05, 0.1) is 6.10 Å². The number of hydrogen-bond donors (Lipinski definition) is 1. The lowest BCUT2D eigenvalue weighted by Gasteiger charge is -2.14. The van der Waals surface area contributed by atoms with E-state index >= 15 is 0 Å². The molecule has 0 aliphatic heterocycles. The van der Waals surface area contributed by atoms with E-state index in [4.69, 9.17) is 11.6 Å². The van der Waals surface area contributed by atoms with Gasteiger partial charge in [-0.1, -0.05) is 30.7 Å². The van der Waals surface area contributed by atoms with Crippen molar-refractivity contribution in [1.82, 2.24) is 4.98 Å². The molecule has 0 bridgehead atoms. The third kappa shape index (κ3) is 3.55. The number of nitrogens with zero attached hydrogens (tertiary/aromatic N) is 1. The van der Waals surface area contributed by atoms with Crippen LogP contribution >= 0.6 is 11.6 Å². The number of aryl methyl sites for hydroxylation is 2. The van der Waals surface area contributed by atoms with Crippen LogP contribution in [0, 0.1) is 6.92 Å². The summed E-state index contributed by atoms with van der Waals surface area (Å²) in [5.41, 5.74) is 4.01. The fraction of sp³-hybridized carbons (Fsp3) is 0.312. The van der Waals surface area contributed by atoms with Crippen LogP contribution in [0.15, 0.2) is 36.5 Å². The van der Waals surface area contributed by atoms with Crippen molar-refractivity contribution in [3.05, 3.63) is 63.9 Å². The molecule has 2 nitrogen and oxygen atoms in total. The fourth-order valence-electron chi connectivity index (χ4n) is 2.06. The van der Waals surface area contributed by atoms with Crippen LogP contribution < -0.4 is 0 Å². The van der Waals surface area contributed by atoms with Crippen molar-refractivity contribution in [2.75, 3.05) is 0 Å². The second-order valence-electron chi connectivity index (χ2n) is 4.73. The van der Waals surface area contributed by atoms with Gasteiger partial charge in [-0.3, -0.25) is 4.98 Å². The molecule has 1 unspecified atom stereocenters. The highest BCUT2D eigenvalue weighted by molar-refractivity contribution is 6.30. The average molecular weight is 276 g/mol. The van der Waals surface area contributed by atoms with E-state index in [1.54, 1.807) is 0 Å². The molecule has 0 saturated heterocycles. The van der Waals surface area contributed by atoms with Crippen LogP contribution in [-0.2, 0) is 12.8 Å². The Balaban J connectivity index is 2.15. The number of aromatic nitrogens is 1. The molecule has 19 heavy (non-hydrogen) atoms. The fourth-order valence-corrected chi connectivity index (χ4v) is 2.24. The first-order valence-corrected chi connectivity index (χ1v) is 6.86. The lowest BCUT2D eigenvalue weighted by molar-refractivity contribution is 0.176. The third-order valence-electron chi connectivity index (χ3n) is 3.30. The van der Waals surface area contributed by atoms with E-state index in [0.29, 0.717) is 11.4 Å². The smallest absolute Gasteiger partial charge is 0.0848 e. The number of aliphatic hydroxyl groups excluding tert-OH is 1. The number of pyridine rings is 1. The number of halogens is 1. The summed E-state index contributed by atoms with van der Waals surface area (Å²) in [6.07, 6.45) is 2.78. The van der Waals surface area contributed by atoms with Gasteiger partial charge in [0.25, 0.3) is 0 Å². The first kappa shape index (κ1) is 14.0. The standard InChI is InChI=1S/C16H18ClNO/c1-3-12-5-7-14(18-10-12)9-16(19)15-8-13(17)6-4-11(15)2/h4-8,10,16,19H,3,9H2,1-2H3. The Labute approximate surface area is 119 Å². The van der Waals surface area contributed by atoms with Gasteiger partial charge in [-0.2, -0.15) is 0 Å². The molecule has 0 aliphatic carbocycles. The first-order chi connectivity index (χ1) is 9.10. The molecule has 2 rings (SSSR count). The van der Waals surface area contributed by atoms with E-state index in [-0.39, 0.29) is 0 Å². The summed E-state index contributed by atoms with van der Waals surface area (Å²) in [5, 5.41) is 11.0. The minimum absolute atomic E-state index is 0.505. The van der Waals surface area contributed by atoms with Crippen LogP contribution in [0.2, 0.25) is 5.02 Å². The Hall–Kier alpha value is -1.38. The largest absolute Gasteiger partial charge is 0.388 e. The second kappa shape index (κ2) is 6.18. The molecular weight excluding hydrogens is 258 g/mol. The molecule has 0 aliphatic rings. The molecular formula is C16H18ClNO. The highest BCUT2D eigenvalue weighted by Gasteiger charge is 2.12. The molecule has 1 N–H and O–H groups in total. The highest BCUT2D eigenvalue weighted by atomic mass is 35.5. The van der Waals surface area contributed by atoms with E-state index in [1.807, 2.05) is 37.4 Å². The molecule has 1 aromatic heterocycles.